The lowest BCUT2D eigenvalue weighted by Gasteiger charge is -2.07. The van der Waals surface area contributed by atoms with Crippen molar-refractivity contribution in [2.75, 3.05) is 12.4 Å². The third-order valence-electron chi connectivity index (χ3n) is 3.61. The van der Waals surface area contributed by atoms with E-state index in [-0.39, 0.29) is 22.7 Å². The number of benzene rings is 1. The maximum Gasteiger partial charge on any atom is 0.341 e. The summed E-state index contributed by atoms with van der Waals surface area (Å²) in [5.41, 5.74) is 1.17. The lowest BCUT2D eigenvalue weighted by Crippen LogP contribution is -2.35. The number of halogens is 1. The number of carbonyl (C=O) groups is 3. The molecule has 0 aliphatic heterocycles. The average molecular weight is 364 g/mol. The van der Waals surface area contributed by atoms with E-state index in [0.717, 1.165) is 4.88 Å². The highest BCUT2D eigenvalue weighted by molar-refractivity contribution is 7.17. The van der Waals surface area contributed by atoms with Crippen molar-refractivity contribution in [2.45, 2.75) is 20.4 Å². The van der Waals surface area contributed by atoms with Crippen LogP contribution in [-0.4, -0.2) is 24.9 Å². The van der Waals surface area contributed by atoms with Gasteiger partial charge in [-0.15, -0.1) is 11.3 Å². The van der Waals surface area contributed by atoms with Crippen LogP contribution in [0.2, 0.25) is 0 Å². The van der Waals surface area contributed by atoms with Crippen molar-refractivity contribution in [3.05, 3.63) is 51.7 Å². The van der Waals surface area contributed by atoms with Crippen LogP contribution in [0.4, 0.5) is 9.39 Å². The molecule has 2 aromatic rings. The first-order valence-electron chi connectivity index (χ1n) is 7.36. The number of aryl methyl sites for hydroxylation is 1. The summed E-state index contributed by atoms with van der Waals surface area (Å²) in [4.78, 5) is 36.6. The summed E-state index contributed by atoms with van der Waals surface area (Å²) < 4.78 is 18.2. The Kier molecular flexibility index (Phi) is 5.87. The quantitative estimate of drug-likeness (QED) is 0.645. The third-order valence-corrected chi connectivity index (χ3v) is 4.73. The van der Waals surface area contributed by atoms with Crippen LogP contribution in [0, 0.1) is 19.7 Å². The number of esters is 1. The zero-order valence-electron chi connectivity index (χ0n) is 13.9. The van der Waals surface area contributed by atoms with Gasteiger partial charge in [-0.25, -0.2) is 9.18 Å². The highest BCUT2D eigenvalue weighted by Crippen LogP contribution is 2.32. The maximum absolute atomic E-state index is 13.5. The van der Waals surface area contributed by atoms with Gasteiger partial charge in [0.2, 0.25) is 0 Å². The number of nitrogens with one attached hydrogen (secondary N) is 2. The number of hydrogen-bond acceptors (Lipinski definition) is 5. The molecule has 0 bridgehead atoms. The average Bonchev–Trinajstić information content (AvgIpc) is 2.87. The highest BCUT2D eigenvalue weighted by Gasteiger charge is 2.23. The van der Waals surface area contributed by atoms with Gasteiger partial charge in [-0.05, 0) is 25.5 Å². The highest BCUT2D eigenvalue weighted by atomic mass is 32.1. The molecule has 0 saturated heterocycles. The second-order valence-electron chi connectivity index (χ2n) is 5.21. The normalized spacial score (nSPS) is 10.2. The number of carbonyl (C=O) groups excluding carboxylic acids is 3. The Morgan fingerprint density at radius 3 is 2.48 bits per heavy atom. The Hall–Kier alpha value is -2.74. The van der Waals surface area contributed by atoms with Crippen molar-refractivity contribution >= 4 is 34.1 Å². The predicted molar refractivity (Wildman–Crippen MR) is 92.0 cm³/mol. The fourth-order valence-corrected chi connectivity index (χ4v) is 3.16. The Labute approximate surface area is 148 Å². The van der Waals surface area contributed by atoms with Crippen molar-refractivity contribution in [1.82, 2.24) is 5.32 Å². The molecule has 0 aliphatic carbocycles. The zero-order chi connectivity index (χ0) is 18.6. The molecular formula is C17H17FN2O4S. The van der Waals surface area contributed by atoms with E-state index in [0.29, 0.717) is 5.56 Å². The fourth-order valence-electron chi connectivity index (χ4n) is 2.12. The Morgan fingerprint density at radius 1 is 1.16 bits per heavy atom. The second kappa shape index (κ2) is 7.89. The number of methoxy groups -OCH3 is 1. The van der Waals surface area contributed by atoms with Gasteiger partial charge >= 0.3 is 17.8 Å². The van der Waals surface area contributed by atoms with Crippen molar-refractivity contribution in [3.63, 3.8) is 0 Å². The molecule has 0 unspecified atom stereocenters. The molecule has 2 amide bonds. The molecule has 6 nitrogen and oxygen atoms in total. The van der Waals surface area contributed by atoms with Crippen LogP contribution in [0.3, 0.4) is 0 Å². The monoisotopic (exact) mass is 364 g/mol. The van der Waals surface area contributed by atoms with Gasteiger partial charge in [-0.3, -0.25) is 9.59 Å². The first-order valence-corrected chi connectivity index (χ1v) is 8.17. The number of amides is 2. The Morgan fingerprint density at radius 2 is 1.84 bits per heavy atom. The summed E-state index contributed by atoms with van der Waals surface area (Å²) in [5, 5.41) is 5.00. The molecule has 0 radical (unpaired) electrons. The maximum atomic E-state index is 13.5. The summed E-state index contributed by atoms with van der Waals surface area (Å²) in [6.45, 7) is 3.40. The van der Waals surface area contributed by atoms with Gasteiger partial charge in [-0.1, -0.05) is 18.2 Å². The third kappa shape index (κ3) is 4.21. The van der Waals surface area contributed by atoms with Gasteiger partial charge in [0.1, 0.15) is 10.8 Å². The van der Waals surface area contributed by atoms with Crippen LogP contribution in [0.15, 0.2) is 24.3 Å². The van der Waals surface area contributed by atoms with Crippen LogP contribution in [0.1, 0.15) is 26.4 Å². The predicted octanol–water partition coefficient (Wildman–Crippen LogP) is 2.55. The summed E-state index contributed by atoms with van der Waals surface area (Å²) in [6.07, 6.45) is 0. The van der Waals surface area contributed by atoms with Gasteiger partial charge in [0, 0.05) is 17.0 Å². The van der Waals surface area contributed by atoms with Crippen LogP contribution in [0.5, 0.6) is 0 Å². The molecule has 0 aliphatic rings. The van der Waals surface area contributed by atoms with E-state index in [1.165, 1.54) is 36.6 Å². The van der Waals surface area contributed by atoms with Crippen molar-refractivity contribution in [2.24, 2.45) is 0 Å². The van der Waals surface area contributed by atoms with Crippen LogP contribution < -0.4 is 10.6 Å². The summed E-state index contributed by atoms with van der Waals surface area (Å²) >= 11 is 1.17. The molecule has 1 heterocycles. The molecule has 0 saturated carbocycles. The van der Waals surface area contributed by atoms with Crippen molar-refractivity contribution in [1.29, 1.82) is 0 Å². The molecule has 2 rings (SSSR count). The smallest absolute Gasteiger partial charge is 0.341 e. The van der Waals surface area contributed by atoms with E-state index in [1.807, 2.05) is 0 Å². The number of thiophene rings is 1. The minimum atomic E-state index is -0.942. The SMILES string of the molecule is COC(=O)c1c(NC(=O)C(=O)NCc2ccccc2F)sc(C)c1C. The molecule has 8 heteroatoms. The first kappa shape index (κ1) is 18.6. The lowest BCUT2D eigenvalue weighted by atomic mass is 10.1. The van der Waals surface area contributed by atoms with Crippen molar-refractivity contribution in [3.8, 4) is 0 Å². The number of hydrogen-bond donors (Lipinski definition) is 2. The molecule has 25 heavy (non-hydrogen) atoms. The van der Waals surface area contributed by atoms with E-state index in [1.54, 1.807) is 19.9 Å². The van der Waals surface area contributed by atoms with Gasteiger partial charge < -0.3 is 15.4 Å². The first-order chi connectivity index (χ1) is 11.8. The molecule has 1 aromatic carbocycles. The minimum absolute atomic E-state index is 0.120. The van der Waals surface area contributed by atoms with Gasteiger partial charge in [0.05, 0.1) is 12.7 Å². The molecule has 0 atom stereocenters. The van der Waals surface area contributed by atoms with Crippen LogP contribution in [-0.2, 0) is 20.9 Å². The molecule has 0 fully saturated rings. The van der Waals surface area contributed by atoms with Crippen molar-refractivity contribution < 1.29 is 23.5 Å². The van der Waals surface area contributed by atoms with Gasteiger partial charge in [0.15, 0.2) is 0 Å². The minimum Gasteiger partial charge on any atom is -0.465 e. The number of ether oxygens (including phenoxy) is 1. The van der Waals surface area contributed by atoms with Crippen LogP contribution >= 0.6 is 11.3 Å². The standard InChI is InChI=1S/C17H17FN2O4S/c1-9-10(2)25-16(13(9)17(23)24-3)20-15(22)14(21)19-8-11-6-4-5-7-12(11)18/h4-7H,8H2,1-3H3,(H,19,21)(H,20,22). The number of rotatable bonds is 4. The molecular weight excluding hydrogens is 347 g/mol. The molecule has 2 N–H and O–H groups in total. The van der Waals surface area contributed by atoms with Crippen LogP contribution in [0.25, 0.3) is 0 Å². The Balaban J connectivity index is 2.07. The summed E-state index contributed by atoms with van der Waals surface area (Å²) in [6, 6.07) is 5.93. The number of anilines is 1. The molecule has 1 aromatic heterocycles. The topological polar surface area (TPSA) is 84.5 Å². The van der Waals surface area contributed by atoms with Gasteiger partial charge in [0.25, 0.3) is 0 Å². The van der Waals surface area contributed by atoms with E-state index in [2.05, 4.69) is 10.6 Å². The fraction of sp³-hybridized carbons (Fsp3) is 0.235. The van der Waals surface area contributed by atoms with E-state index < -0.39 is 23.6 Å². The Bertz CT molecular complexity index is 832. The van der Waals surface area contributed by atoms with E-state index in [9.17, 15) is 18.8 Å². The second-order valence-corrected chi connectivity index (χ2v) is 6.43. The van der Waals surface area contributed by atoms with E-state index >= 15 is 0 Å². The zero-order valence-corrected chi connectivity index (χ0v) is 14.8. The largest absolute Gasteiger partial charge is 0.465 e. The van der Waals surface area contributed by atoms with E-state index in [4.69, 9.17) is 4.74 Å². The molecule has 132 valence electrons. The summed E-state index contributed by atoms with van der Waals surface area (Å²) in [7, 11) is 1.24. The lowest BCUT2D eigenvalue weighted by molar-refractivity contribution is -0.136. The summed E-state index contributed by atoms with van der Waals surface area (Å²) in [5.74, 6) is -2.94. The van der Waals surface area contributed by atoms with Gasteiger partial charge in [-0.2, -0.15) is 0 Å². The molecule has 0 spiro atoms.